The Morgan fingerprint density at radius 3 is 2.64 bits per heavy atom. The van der Waals surface area contributed by atoms with Crippen LogP contribution in [-0.2, 0) is 4.79 Å². The van der Waals surface area contributed by atoms with Gasteiger partial charge in [0.25, 0.3) is 0 Å². The second-order valence-electron chi connectivity index (χ2n) is 4.50. The van der Waals surface area contributed by atoms with E-state index in [-0.39, 0.29) is 5.91 Å². The summed E-state index contributed by atoms with van der Waals surface area (Å²) in [6, 6.07) is 0.326. The van der Waals surface area contributed by atoms with Gasteiger partial charge >= 0.3 is 0 Å². The van der Waals surface area contributed by atoms with Crippen LogP contribution in [0.15, 0.2) is 0 Å². The zero-order chi connectivity index (χ0) is 10.7. The van der Waals surface area contributed by atoms with Gasteiger partial charge in [-0.2, -0.15) is 0 Å². The molecule has 0 aromatic heterocycles. The van der Waals surface area contributed by atoms with Gasteiger partial charge in [0.05, 0.1) is 0 Å². The van der Waals surface area contributed by atoms with Crippen LogP contribution in [0, 0.1) is 11.8 Å². The minimum absolute atomic E-state index is 0.0300. The quantitative estimate of drug-likeness (QED) is 0.708. The van der Waals surface area contributed by atoms with Crippen molar-refractivity contribution in [2.75, 3.05) is 0 Å². The molecule has 1 saturated carbocycles. The molecule has 3 heteroatoms. The number of hydrogen-bond donors (Lipinski definition) is 1. The molecule has 82 valence electrons. The summed E-state index contributed by atoms with van der Waals surface area (Å²) in [5, 5.41) is 2.61. The Morgan fingerprint density at radius 2 is 2.07 bits per heavy atom. The lowest BCUT2D eigenvalue weighted by Gasteiger charge is -2.34. The van der Waals surface area contributed by atoms with E-state index in [4.69, 9.17) is 11.6 Å². The van der Waals surface area contributed by atoms with Crippen molar-refractivity contribution in [3.8, 4) is 0 Å². The third-order valence-corrected chi connectivity index (χ3v) is 3.59. The maximum atomic E-state index is 11.4. The minimum atomic E-state index is -0.417. The molecule has 1 aliphatic rings. The zero-order valence-electron chi connectivity index (χ0n) is 9.22. The van der Waals surface area contributed by atoms with Crippen molar-refractivity contribution in [2.24, 2.45) is 11.8 Å². The highest BCUT2D eigenvalue weighted by molar-refractivity contribution is 6.30. The van der Waals surface area contributed by atoms with E-state index in [9.17, 15) is 4.79 Å². The number of carbonyl (C=O) groups excluding carboxylic acids is 1. The van der Waals surface area contributed by atoms with Gasteiger partial charge in [0.2, 0.25) is 5.91 Å². The predicted molar refractivity (Wildman–Crippen MR) is 59.4 cm³/mol. The predicted octanol–water partition coefficient (Wildman–Crippen LogP) is 2.55. The van der Waals surface area contributed by atoms with Crippen molar-refractivity contribution in [3.05, 3.63) is 0 Å². The molecule has 14 heavy (non-hydrogen) atoms. The molecule has 1 rings (SSSR count). The van der Waals surface area contributed by atoms with Crippen molar-refractivity contribution in [1.82, 2.24) is 5.32 Å². The fourth-order valence-electron chi connectivity index (χ4n) is 2.08. The van der Waals surface area contributed by atoms with Gasteiger partial charge < -0.3 is 5.32 Å². The average molecular weight is 218 g/mol. The van der Waals surface area contributed by atoms with Gasteiger partial charge in [-0.1, -0.05) is 26.7 Å². The van der Waals surface area contributed by atoms with E-state index >= 15 is 0 Å². The Bertz CT molecular complexity index is 205. The number of hydrogen-bond acceptors (Lipinski definition) is 1. The third kappa shape index (κ3) is 2.88. The van der Waals surface area contributed by atoms with E-state index in [1.54, 1.807) is 6.92 Å². The minimum Gasteiger partial charge on any atom is -0.352 e. The molecule has 1 aliphatic carbocycles. The lowest BCUT2D eigenvalue weighted by atomic mass is 9.78. The molecule has 4 atom stereocenters. The number of halogens is 1. The number of nitrogens with one attached hydrogen (secondary N) is 1. The molecule has 0 radical (unpaired) electrons. The molecule has 0 unspecified atom stereocenters. The Kier molecular flexibility index (Phi) is 4.24. The van der Waals surface area contributed by atoms with Crippen molar-refractivity contribution in [2.45, 2.75) is 51.5 Å². The molecule has 0 aliphatic heterocycles. The number of carbonyl (C=O) groups is 1. The van der Waals surface area contributed by atoms with Crippen LogP contribution in [0.25, 0.3) is 0 Å². The van der Waals surface area contributed by atoms with Gasteiger partial charge in [-0.05, 0) is 25.2 Å². The molecule has 1 N–H and O–H groups in total. The first kappa shape index (κ1) is 11.8. The lowest BCUT2D eigenvalue weighted by Crippen LogP contribution is -2.45. The van der Waals surface area contributed by atoms with Crippen LogP contribution >= 0.6 is 11.6 Å². The Balaban J connectivity index is 2.47. The van der Waals surface area contributed by atoms with Gasteiger partial charge in [0.1, 0.15) is 5.38 Å². The molecule has 0 spiro atoms. The standard InChI is InChI=1S/C11H20ClNO/c1-7-5-4-6-10(8(7)2)13-11(14)9(3)12/h7-10H,4-6H2,1-3H3,(H,13,14)/t7-,8-,9-,10-/m1/s1. The van der Waals surface area contributed by atoms with Crippen molar-refractivity contribution >= 4 is 17.5 Å². The first-order valence-corrected chi connectivity index (χ1v) is 5.90. The molecule has 0 aromatic carbocycles. The molecule has 0 saturated heterocycles. The van der Waals surface area contributed by atoms with Crippen LogP contribution in [0.2, 0.25) is 0 Å². The topological polar surface area (TPSA) is 29.1 Å². The van der Waals surface area contributed by atoms with Crippen molar-refractivity contribution in [1.29, 1.82) is 0 Å². The van der Waals surface area contributed by atoms with E-state index in [0.717, 1.165) is 6.42 Å². The Labute approximate surface area is 91.4 Å². The first-order valence-electron chi connectivity index (χ1n) is 5.46. The Morgan fingerprint density at radius 1 is 1.43 bits per heavy atom. The number of amides is 1. The maximum Gasteiger partial charge on any atom is 0.237 e. The first-order chi connectivity index (χ1) is 6.52. The van der Waals surface area contributed by atoms with Crippen molar-refractivity contribution in [3.63, 3.8) is 0 Å². The highest BCUT2D eigenvalue weighted by atomic mass is 35.5. The molecule has 0 heterocycles. The van der Waals surface area contributed by atoms with Gasteiger partial charge in [0, 0.05) is 6.04 Å². The fourth-order valence-corrected chi connectivity index (χ4v) is 2.15. The molecule has 0 bridgehead atoms. The average Bonchev–Trinajstić information content (AvgIpc) is 2.12. The van der Waals surface area contributed by atoms with Crippen LogP contribution < -0.4 is 5.32 Å². The van der Waals surface area contributed by atoms with Crippen molar-refractivity contribution < 1.29 is 4.79 Å². The number of alkyl halides is 1. The molecular weight excluding hydrogens is 198 g/mol. The van der Waals surface area contributed by atoms with E-state index in [2.05, 4.69) is 19.2 Å². The summed E-state index contributed by atoms with van der Waals surface area (Å²) < 4.78 is 0. The molecule has 1 fully saturated rings. The SMILES string of the molecule is C[C@@H]1[C@H](C)CCC[C@H]1NC(=O)[C@@H](C)Cl. The monoisotopic (exact) mass is 217 g/mol. The van der Waals surface area contributed by atoms with E-state index < -0.39 is 5.38 Å². The summed E-state index contributed by atoms with van der Waals surface area (Å²) in [6.07, 6.45) is 3.60. The van der Waals surface area contributed by atoms with Gasteiger partial charge in [-0.15, -0.1) is 11.6 Å². The largest absolute Gasteiger partial charge is 0.352 e. The van der Waals surface area contributed by atoms with Crippen LogP contribution in [0.5, 0.6) is 0 Å². The van der Waals surface area contributed by atoms with E-state index in [1.165, 1.54) is 12.8 Å². The molecule has 1 amide bonds. The summed E-state index contributed by atoms with van der Waals surface area (Å²) in [6.45, 7) is 6.19. The van der Waals surface area contributed by atoms with E-state index in [0.29, 0.717) is 17.9 Å². The van der Waals surface area contributed by atoms with Crippen LogP contribution in [-0.4, -0.2) is 17.3 Å². The number of rotatable bonds is 2. The summed E-state index contributed by atoms with van der Waals surface area (Å²) in [4.78, 5) is 11.4. The van der Waals surface area contributed by atoms with Crippen LogP contribution in [0.4, 0.5) is 0 Å². The molecule has 0 aromatic rings. The zero-order valence-corrected chi connectivity index (χ0v) is 9.97. The second-order valence-corrected chi connectivity index (χ2v) is 5.15. The third-order valence-electron chi connectivity index (χ3n) is 3.40. The smallest absolute Gasteiger partial charge is 0.237 e. The summed E-state index contributed by atoms with van der Waals surface area (Å²) in [5.74, 6) is 1.25. The van der Waals surface area contributed by atoms with Crippen LogP contribution in [0.3, 0.4) is 0 Å². The molecular formula is C11H20ClNO. The summed E-state index contributed by atoms with van der Waals surface area (Å²) >= 11 is 5.72. The van der Waals surface area contributed by atoms with Gasteiger partial charge in [-0.3, -0.25) is 4.79 Å². The van der Waals surface area contributed by atoms with Gasteiger partial charge in [0.15, 0.2) is 0 Å². The summed E-state index contributed by atoms with van der Waals surface area (Å²) in [5.41, 5.74) is 0. The normalized spacial score (nSPS) is 35.0. The maximum absolute atomic E-state index is 11.4. The van der Waals surface area contributed by atoms with Crippen LogP contribution in [0.1, 0.15) is 40.0 Å². The lowest BCUT2D eigenvalue weighted by molar-refractivity contribution is -0.121. The Hall–Kier alpha value is -0.240. The highest BCUT2D eigenvalue weighted by Gasteiger charge is 2.28. The van der Waals surface area contributed by atoms with E-state index in [1.807, 2.05) is 0 Å². The summed E-state index contributed by atoms with van der Waals surface area (Å²) in [7, 11) is 0. The van der Waals surface area contributed by atoms with Gasteiger partial charge in [-0.25, -0.2) is 0 Å². The molecule has 2 nitrogen and oxygen atoms in total. The fraction of sp³-hybridized carbons (Fsp3) is 0.909. The second kappa shape index (κ2) is 5.01. The highest BCUT2D eigenvalue weighted by Crippen LogP contribution is 2.29.